The number of hydrogen-bond acceptors (Lipinski definition) is 5. The van der Waals surface area contributed by atoms with Gasteiger partial charge in [-0.3, -0.25) is 9.59 Å². The van der Waals surface area contributed by atoms with Gasteiger partial charge in [0.05, 0.1) is 13.4 Å². The Labute approximate surface area is 158 Å². The molecule has 27 heavy (non-hydrogen) atoms. The molecule has 2 atom stereocenters. The SMILES string of the molecule is CCC(C)C(NC(=O)c1ccc(C)c(NC(=O)c2ccco2)c1)C(=O)OC. The van der Waals surface area contributed by atoms with Crippen molar-refractivity contribution in [1.29, 1.82) is 0 Å². The van der Waals surface area contributed by atoms with Crippen molar-refractivity contribution < 1.29 is 23.5 Å². The van der Waals surface area contributed by atoms with Crippen LogP contribution in [0.15, 0.2) is 41.0 Å². The van der Waals surface area contributed by atoms with Crippen molar-refractivity contribution >= 4 is 23.5 Å². The van der Waals surface area contributed by atoms with Crippen LogP contribution in [0.2, 0.25) is 0 Å². The zero-order chi connectivity index (χ0) is 20.0. The number of rotatable bonds is 7. The lowest BCUT2D eigenvalue weighted by molar-refractivity contribution is -0.144. The zero-order valence-corrected chi connectivity index (χ0v) is 15.9. The highest BCUT2D eigenvalue weighted by Gasteiger charge is 2.27. The highest BCUT2D eigenvalue weighted by Crippen LogP contribution is 2.19. The van der Waals surface area contributed by atoms with E-state index in [1.165, 1.54) is 13.4 Å². The fourth-order valence-corrected chi connectivity index (χ4v) is 2.51. The molecule has 0 bridgehead atoms. The second-order valence-corrected chi connectivity index (χ2v) is 6.32. The lowest BCUT2D eigenvalue weighted by atomic mass is 9.98. The number of esters is 1. The standard InChI is InChI=1S/C20H24N2O5/c1-5-12(2)17(20(25)26-4)22-18(23)14-9-8-13(3)15(11-14)21-19(24)16-7-6-10-27-16/h6-12,17H,5H2,1-4H3,(H,21,24)(H,22,23). The largest absolute Gasteiger partial charge is 0.467 e. The Hall–Kier alpha value is -3.09. The number of ether oxygens (including phenoxy) is 1. The number of carbonyl (C=O) groups excluding carboxylic acids is 3. The van der Waals surface area contributed by atoms with Gasteiger partial charge in [-0.25, -0.2) is 4.79 Å². The summed E-state index contributed by atoms with van der Waals surface area (Å²) in [6.45, 7) is 5.61. The Balaban J connectivity index is 2.19. The molecule has 2 aromatic rings. The minimum Gasteiger partial charge on any atom is -0.467 e. The van der Waals surface area contributed by atoms with Gasteiger partial charge in [-0.2, -0.15) is 0 Å². The molecule has 0 radical (unpaired) electrons. The molecule has 0 saturated carbocycles. The molecule has 7 heteroatoms. The molecule has 2 N–H and O–H groups in total. The molecule has 1 aromatic carbocycles. The summed E-state index contributed by atoms with van der Waals surface area (Å²) in [6.07, 6.45) is 2.12. The second-order valence-electron chi connectivity index (χ2n) is 6.32. The first-order valence-corrected chi connectivity index (χ1v) is 8.71. The highest BCUT2D eigenvalue weighted by molar-refractivity contribution is 6.04. The van der Waals surface area contributed by atoms with Gasteiger partial charge in [0.15, 0.2) is 5.76 Å². The molecule has 0 spiro atoms. The second kappa shape index (κ2) is 9.02. The van der Waals surface area contributed by atoms with Gasteiger partial charge in [-0.15, -0.1) is 0 Å². The summed E-state index contributed by atoms with van der Waals surface area (Å²) >= 11 is 0. The van der Waals surface area contributed by atoms with E-state index in [0.29, 0.717) is 17.7 Å². The molecular formula is C20H24N2O5. The Kier molecular flexibility index (Phi) is 6.76. The maximum atomic E-state index is 12.6. The van der Waals surface area contributed by atoms with E-state index in [-0.39, 0.29) is 11.7 Å². The number of furan rings is 1. The van der Waals surface area contributed by atoms with E-state index in [1.807, 2.05) is 20.8 Å². The first-order valence-electron chi connectivity index (χ1n) is 8.71. The van der Waals surface area contributed by atoms with Gasteiger partial charge in [0.25, 0.3) is 11.8 Å². The minimum absolute atomic E-state index is 0.0787. The van der Waals surface area contributed by atoms with Crippen molar-refractivity contribution in [3.05, 3.63) is 53.5 Å². The molecular weight excluding hydrogens is 348 g/mol. The average molecular weight is 372 g/mol. The summed E-state index contributed by atoms with van der Waals surface area (Å²) in [5, 5.41) is 5.44. The summed E-state index contributed by atoms with van der Waals surface area (Å²) in [7, 11) is 1.29. The highest BCUT2D eigenvalue weighted by atomic mass is 16.5. The smallest absolute Gasteiger partial charge is 0.328 e. The third-order valence-corrected chi connectivity index (χ3v) is 4.45. The summed E-state index contributed by atoms with van der Waals surface area (Å²) in [5.41, 5.74) is 1.60. The summed E-state index contributed by atoms with van der Waals surface area (Å²) in [6, 6.07) is 7.36. The van der Waals surface area contributed by atoms with Gasteiger partial charge in [-0.05, 0) is 42.7 Å². The van der Waals surface area contributed by atoms with Crippen molar-refractivity contribution in [3.63, 3.8) is 0 Å². The first kappa shape index (κ1) is 20.2. The number of benzene rings is 1. The third kappa shape index (κ3) is 4.97. The van der Waals surface area contributed by atoms with Crippen LogP contribution in [0.4, 0.5) is 5.69 Å². The van der Waals surface area contributed by atoms with Crippen LogP contribution in [0, 0.1) is 12.8 Å². The zero-order valence-electron chi connectivity index (χ0n) is 15.9. The van der Waals surface area contributed by atoms with Crippen LogP contribution in [0.25, 0.3) is 0 Å². The molecule has 2 rings (SSSR count). The predicted octanol–water partition coefficient (Wildman–Crippen LogP) is 3.16. The van der Waals surface area contributed by atoms with E-state index in [2.05, 4.69) is 10.6 Å². The Morgan fingerprint density at radius 2 is 1.93 bits per heavy atom. The van der Waals surface area contributed by atoms with Crippen LogP contribution in [-0.2, 0) is 9.53 Å². The molecule has 1 aromatic heterocycles. The number of nitrogens with one attached hydrogen (secondary N) is 2. The molecule has 0 saturated heterocycles. The molecule has 144 valence electrons. The quantitative estimate of drug-likeness (QED) is 0.728. The van der Waals surface area contributed by atoms with Crippen molar-refractivity contribution in [2.75, 3.05) is 12.4 Å². The van der Waals surface area contributed by atoms with E-state index in [0.717, 1.165) is 5.56 Å². The Morgan fingerprint density at radius 1 is 1.19 bits per heavy atom. The van der Waals surface area contributed by atoms with E-state index in [4.69, 9.17) is 9.15 Å². The Bertz CT molecular complexity index is 814. The number of methoxy groups -OCH3 is 1. The van der Waals surface area contributed by atoms with Gasteiger partial charge < -0.3 is 19.8 Å². The van der Waals surface area contributed by atoms with E-state index in [9.17, 15) is 14.4 Å². The van der Waals surface area contributed by atoms with E-state index in [1.54, 1.807) is 30.3 Å². The van der Waals surface area contributed by atoms with Crippen molar-refractivity contribution in [2.24, 2.45) is 5.92 Å². The van der Waals surface area contributed by atoms with E-state index >= 15 is 0 Å². The maximum absolute atomic E-state index is 12.6. The molecule has 2 amide bonds. The normalized spacial score (nSPS) is 12.7. The third-order valence-electron chi connectivity index (χ3n) is 4.45. The van der Waals surface area contributed by atoms with Gasteiger partial charge >= 0.3 is 5.97 Å². The molecule has 0 fully saturated rings. The predicted molar refractivity (Wildman–Crippen MR) is 101 cm³/mol. The van der Waals surface area contributed by atoms with Crippen LogP contribution in [0.3, 0.4) is 0 Å². The molecule has 2 unspecified atom stereocenters. The topological polar surface area (TPSA) is 97.6 Å². The minimum atomic E-state index is -0.741. The molecule has 1 heterocycles. The lowest BCUT2D eigenvalue weighted by Crippen LogP contribution is -2.45. The number of aryl methyl sites for hydroxylation is 1. The molecule has 0 aliphatic rings. The van der Waals surface area contributed by atoms with Gasteiger partial charge in [0.1, 0.15) is 6.04 Å². The van der Waals surface area contributed by atoms with Gasteiger partial charge in [0.2, 0.25) is 0 Å². The Morgan fingerprint density at radius 3 is 2.52 bits per heavy atom. The monoisotopic (exact) mass is 372 g/mol. The van der Waals surface area contributed by atoms with Crippen molar-refractivity contribution in [3.8, 4) is 0 Å². The number of hydrogen-bond donors (Lipinski definition) is 2. The fraction of sp³-hybridized carbons (Fsp3) is 0.350. The number of amides is 2. The first-order chi connectivity index (χ1) is 12.9. The van der Waals surface area contributed by atoms with Crippen LogP contribution in [0.1, 0.15) is 46.7 Å². The molecule has 0 aliphatic carbocycles. The van der Waals surface area contributed by atoms with Crippen molar-refractivity contribution in [2.45, 2.75) is 33.2 Å². The lowest BCUT2D eigenvalue weighted by Gasteiger charge is -2.22. The van der Waals surface area contributed by atoms with Crippen LogP contribution >= 0.6 is 0 Å². The number of carbonyl (C=O) groups is 3. The van der Waals surface area contributed by atoms with E-state index < -0.39 is 23.8 Å². The van der Waals surface area contributed by atoms with Crippen LogP contribution < -0.4 is 10.6 Å². The summed E-state index contributed by atoms with van der Waals surface area (Å²) in [4.78, 5) is 36.8. The van der Waals surface area contributed by atoms with Gasteiger partial charge in [-0.1, -0.05) is 26.3 Å². The number of anilines is 1. The van der Waals surface area contributed by atoms with Crippen molar-refractivity contribution in [1.82, 2.24) is 5.32 Å². The van der Waals surface area contributed by atoms with Gasteiger partial charge in [0, 0.05) is 11.3 Å². The maximum Gasteiger partial charge on any atom is 0.328 e. The summed E-state index contributed by atoms with van der Waals surface area (Å²) < 4.78 is 9.86. The fourth-order valence-electron chi connectivity index (χ4n) is 2.51. The summed E-state index contributed by atoms with van der Waals surface area (Å²) in [5.74, 6) is -1.22. The van der Waals surface area contributed by atoms with Crippen LogP contribution in [0.5, 0.6) is 0 Å². The molecule has 7 nitrogen and oxygen atoms in total. The molecule has 0 aliphatic heterocycles. The average Bonchev–Trinajstić information content (AvgIpc) is 3.21. The van der Waals surface area contributed by atoms with Crippen LogP contribution in [-0.4, -0.2) is 30.9 Å².